The SMILES string of the molecule is C[C@@H](N[C@@H](CO)c1ccc(C#N)cc1)C(=O)OC(C)(C)C. The maximum absolute atomic E-state index is 11.9. The van der Waals surface area contributed by atoms with Gasteiger partial charge in [0.2, 0.25) is 0 Å². The van der Waals surface area contributed by atoms with Crippen LogP contribution >= 0.6 is 0 Å². The molecule has 0 radical (unpaired) electrons. The Balaban J connectivity index is 2.73. The van der Waals surface area contributed by atoms with Crippen LogP contribution in [0.15, 0.2) is 24.3 Å². The summed E-state index contributed by atoms with van der Waals surface area (Å²) in [5.41, 5.74) is 0.818. The Morgan fingerprint density at radius 2 is 1.95 bits per heavy atom. The van der Waals surface area contributed by atoms with Crippen molar-refractivity contribution in [2.75, 3.05) is 6.61 Å². The van der Waals surface area contributed by atoms with Crippen LogP contribution in [0.4, 0.5) is 0 Å². The number of benzene rings is 1. The van der Waals surface area contributed by atoms with E-state index in [1.165, 1.54) is 0 Å². The number of nitrogens with zero attached hydrogens (tertiary/aromatic N) is 1. The van der Waals surface area contributed by atoms with Gasteiger partial charge in [0.1, 0.15) is 11.6 Å². The minimum atomic E-state index is -0.545. The highest BCUT2D eigenvalue weighted by Gasteiger charge is 2.24. The van der Waals surface area contributed by atoms with Gasteiger partial charge in [-0.05, 0) is 45.4 Å². The number of nitriles is 1. The minimum absolute atomic E-state index is 0.154. The van der Waals surface area contributed by atoms with Crippen LogP contribution in [-0.4, -0.2) is 29.3 Å². The zero-order valence-electron chi connectivity index (χ0n) is 12.9. The second-order valence-electron chi connectivity index (χ2n) is 5.89. The van der Waals surface area contributed by atoms with Crippen LogP contribution in [-0.2, 0) is 9.53 Å². The first-order chi connectivity index (χ1) is 9.76. The average Bonchev–Trinajstić information content (AvgIpc) is 2.42. The van der Waals surface area contributed by atoms with Gasteiger partial charge in [0, 0.05) is 0 Å². The molecule has 114 valence electrons. The van der Waals surface area contributed by atoms with Gasteiger partial charge in [0.15, 0.2) is 0 Å². The third-order valence-electron chi connectivity index (χ3n) is 2.84. The lowest BCUT2D eigenvalue weighted by Crippen LogP contribution is -2.41. The fraction of sp³-hybridized carbons (Fsp3) is 0.500. The summed E-state index contributed by atoms with van der Waals surface area (Å²) in [5, 5.41) is 21.3. The van der Waals surface area contributed by atoms with Crippen LogP contribution in [0.25, 0.3) is 0 Å². The van der Waals surface area contributed by atoms with E-state index in [9.17, 15) is 9.90 Å². The fourth-order valence-electron chi connectivity index (χ4n) is 1.80. The number of hydrogen-bond acceptors (Lipinski definition) is 5. The molecule has 0 saturated carbocycles. The van der Waals surface area contributed by atoms with E-state index >= 15 is 0 Å². The number of nitrogens with one attached hydrogen (secondary N) is 1. The molecule has 0 aliphatic heterocycles. The lowest BCUT2D eigenvalue weighted by molar-refractivity contribution is -0.157. The van der Waals surface area contributed by atoms with Gasteiger partial charge in [-0.3, -0.25) is 10.1 Å². The lowest BCUT2D eigenvalue weighted by atomic mass is 10.0. The van der Waals surface area contributed by atoms with Gasteiger partial charge in [-0.1, -0.05) is 12.1 Å². The number of rotatable bonds is 5. The molecular weight excluding hydrogens is 268 g/mol. The molecule has 5 nitrogen and oxygen atoms in total. The highest BCUT2D eigenvalue weighted by atomic mass is 16.6. The summed E-state index contributed by atoms with van der Waals surface area (Å²) >= 11 is 0. The predicted molar refractivity (Wildman–Crippen MR) is 79.4 cm³/mol. The molecule has 2 atom stereocenters. The molecule has 0 aliphatic rings. The van der Waals surface area contributed by atoms with Crippen LogP contribution in [0.3, 0.4) is 0 Å². The fourth-order valence-corrected chi connectivity index (χ4v) is 1.80. The molecule has 0 aliphatic carbocycles. The summed E-state index contributed by atoms with van der Waals surface area (Å²) in [5.74, 6) is -0.366. The third kappa shape index (κ3) is 5.54. The molecule has 0 spiro atoms. The topological polar surface area (TPSA) is 82.4 Å². The molecule has 1 aromatic rings. The predicted octanol–water partition coefficient (Wildman–Crippen LogP) is 1.91. The molecule has 0 aromatic heterocycles. The van der Waals surface area contributed by atoms with Gasteiger partial charge in [-0.15, -0.1) is 0 Å². The van der Waals surface area contributed by atoms with Crippen molar-refractivity contribution in [2.24, 2.45) is 0 Å². The van der Waals surface area contributed by atoms with Crippen LogP contribution in [0.1, 0.15) is 44.9 Å². The van der Waals surface area contributed by atoms with E-state index in [0.29, 0.717) is 5.56 Å². The van der Waals surface area contributed by atoms with E-state index < -0.39 is 11.6 Å². The van der Waals surface area contributed by atoms with Gasteiger partial charge in [0.05, 0.1) is 24.3 Å². The van der Waals surface area contributed by atoms with Crippen molar-refractivity contribution in [3.63, 3.8) is 0 Å². The van der Waals surface area contributed by atoms with E-state index in [-0.39, 0.29) is 18.6 Å². The molecule has 0 amide bonds. The summed E-state index contributed by atoms with van der Waals surface area (Å²) in [6.07, 6.45) is 0. The van der Waals surface area contributed by atoms with Gasteiger partial charge in [0.25, 0.3) is 0 Å². The zero-order chi connectivity index (χ0) is 16.0. The zero-order valence-corrected chi connectivity index (χ0v) is 12.9. The van der Waals surface area contributed by atoms with Crippen molar-refractivity contribution >= 4 is 5.97 Å². The smallest absolute Gasteiger partial charge is 0.323 e. The van der Waals surface area contributed by atoms with Crippen molar-refractivity contribution in [1.29, 1.82) is 5.26 Å². The Kier molecular flexibility index (Phi) is 5.89. The maximum Gasteiger partial charge on any atom is 0.323 e. The second-order valence-corrected chi connectivity index (χ2v) is 5.89. The van der Waals surface area contributed by atoms with E-state index in [1.54, 1.807) is 31.2 Å². The standard InChI is InChI=1S/C16H22N2O3/c1-11(15(20)21-16(2,3)4)18-14(10-19)13-7-5-12(9-17)6-8-13/h5-8,11,14,18-19H,10H2,1-4H3/t11-,14+/m1/s1. The van der Waals surface area contributed by atoms with E-state index in [4.69, 9.17) is 10.00 Å². The van der Waals surface area contributed by atoms with Crippen LogP contribution in [0, 0.1) is 11.3 Å². The van der Waals surface area contributed by atoms with Crippen molar-refractivity contribution in [3.05, 3.63) is 35.4 Å². The number of esters is 1. The number of carbonyl (C=O) groups excluding carboxylic acids is 1. The molecule has 1 aromatic carbocycles. The van der Waals surface area contributed by atoms with Gasteiger partial charge in [-0.2, -0.15) is 5.26 Å². The Hall–Kier alpha value is -1.90. The van der Waals surface area contributed by atoms with Crippen LogP contribution in [0.2, 0.25) is 0 Å². The van der Waals surface area contributed by atoms with Crippen molar-refractivity contribution in [1.82, 2.24) is 5.32 Å². The first-order valence-corrected chi connectivity index (χ1v) is 6.86. The van der Waals surface area contributed by atoms with E-state index in [1.807, 2.05) is 26.8 Å². The average molecular weight is 290 g/mol. The molecule has 0 bridgehead atoms. The summed E-state index contributed by atoms with van der Waals surface area (Å²) < 4.78 is 5.29. The number of aliphatic hydroxyl groups excluding tert-OH is 1. The first kappa shape index (κ1) is 17.2. The van der Waals surface area contributed by atoms with E-state index in [2.05, 4.69) is 5.32 Å². The second kappa shape index (κ2) is 7.21. The Morgan fingerprint density at radius 1 is 1.38 bits per heavy atom. The summed E-state index contributed by atoms with van der Waals surface area (Å²) in [7, 11) is 0. The molecule has 0 fully saturated rings. The van der Waals surface area contributed by atoms with Crippen molar-refractivity contribution in [2.45, 2.75) is 45.4 Å². The molecule has 1 rings (SSSR count). The number of hydrogen-bond donors (Lipinski definition) is 2. The van der Waals surface area contributed by atoms with Crippen LogP contribution < -0.4 is 5.32 Å². The maximum atomic E-state index is 11.9. The van der Waals surface area contributed by atoms with Crippen LogP contribution in [0.5, 0.6) is 0 Å². The monoisotopic (exact) mass is 290 g/mol. The quantitative estimate of drug-likeness (QED) is 0.809. The molecule has 0 unspecified atom stereocenters. The minimum Gasteiger partial charge on any atom is -0.459 e. The van der Waals surface area contributed by atoms with E-state index in [0.717, 1.165) is 5.56 Å². The Morgan fingerprint density at radius 3 is 2.38 bits per heavy atom. The van der Waals surface area contributed by atoms with Gasteiger partial charge < -0.3 is 9.84 Å². The van der Waals surface area contributed by atoms with Gasteiger partial charge >= 0.3 is 5.97 Å². The molecule has 0 saturated heterocycles. The third-order valence-corrected chi connectivity index (χ3v) is 2.84. The largest absolute Gasteiger partial charge is 0.459 e. The molecule has 5 heteroatoms. The molecule has 21 heavy (non-hydrogen) atoms. The molecule has 2 N–H and O–H groups in total. The summed E-state index contributed by atoms with van der Waals surface area (Å²) in [4.78, 5) is 11.9. The first-order valence-electron chi connectivity index (χ1n) is 6.86. The van der Waals surface area contributed by atoms with Crippen molar-refractivity contribution < 1.29 is 14.6 Å². The number of aliphatic hydroxyl groups is 1. The number of carbonyl (C=O) groups is 1. The molecule has 0 heterocycles. The lowest BCUT2D eigenvalue weighted by Gasteiger charge is -2.25. The summed E-state index contributed by atoms with van der Waals surface area (Å²) in [6, 6.07) is 7.98. The highest BCUT2D eigenvalue weighted by molar-refractivity contribution is 5.75. The van der Waals surface area contributed by atoms with Crippen molar-refractivity contribution in [3.8, 4) is 6.07 Å². The summed E-state index contributed by atoms with van der Waals surface area (Å²) in [6.45, 7) is 6.96. The Labute approximate surface area is 125 Å². The normalized spacial score (nSPS) is 14.1. The Bertz CT molecular complexity index is 512. The highest BCUT2D eigenvalue weighted by Crippen LogP contribution is 2.15. The van der Waals surface area contributed by atoms with Gasteiger partial charge in [-0.25, -0.2) is 0 Å². The number of ether oxygens (including phenoxy) is 1. The molecular formula is C16H22N2O3.